The lowest BCUT2D eigenvalue weighted by molar-refractivity contribution is -0.116. The summed E-state index contributed by atoms with van der Waals surface area (Å²) in [5, 5.41) is 11.4. The molecule has 0 aliphatic rings. The number of benzene rings is 2. The maximum absolute atomic E-state index is 14.6. The number of fused-ring (bicyclic) bond motifs is 2. The van der Waals surface area contributed by atoms with E-state index < -0.39 is 0 Å². The molecule has 0 bridgehead atoms. The molecule has 8 heteroatoms. The normalized spacial score (nSPS) is 11.5. The Morgan fingerprint density at radius 3 is 2.66 bits per heavy atom. The van der Waals surface area contributed by atoms with Crippen molar-refractivity contribution in [3.8, 4) is 33.8 Å². The van der Waals surface area contributed by atoms with Crippen LogP contribution in [0.15, 0.2) is 79.1 Å². The Morgan fingerprint density at radius 2 is 1.82 bits per heavy atom. The Kier molecular flexibility index (Phi) is 5.92. The van der Waals surface area contributed by atoms with Gasteiger partial charge >= 0.3 is 0 Å². The smallest absolute Gasteiger partial charge is 0.224 e. The zero-order chi connectivity index (χ0) is 26.2. The van der Waals surface area contributed by atoms with E-state index in [0.717, 1.165) is 33.2 Å². The van der Waals surface area contributed by atoms with E-state index in [1.54, 1.807) is 24.5 Å². The number of halogens is 1. The number of rotatable bonds is 6. The van der Waals surface area contributed by atoms with Crippen molar-refractivity contribution in [1.82, 2.24) is 25.1 Å². The summed E-state index contributed by atoms with van der Waals surface area (Å²) < 4.78 is 14.6. The van der Waals surface area contributed by atoms with Crippen LogP contribution >= 0.6 is 0 Å². The molecule has 0 atom stereocenters. The van der Waals surface area contributed by atoms with Crippen molar-refractivity contribution in [2.24, 2.45) is 5.92 Å². The van der Waals surface area contributed by atoms with Gasteiger partial charge in [-0.25, -0.2) is 9.37 Å². The molecular weight excluding hydrogens is 479 g/mol. The van der Waals surface area contributed by atoms with E-state index in [-0.39, 0.29) is 17.6 Å². The van der Waals surface area contributed by atoms with Crippen LogP contribution < -0.4 is 5.32 Å². The molecule has 0 radical (unpaired) electrons. The summed E-state index contributed by atoms with van der Waals surface area (Å²) in [6.45, 7) is 4.01. The maximum Gasteiger partial charge on any atom is 0.224 e. The molecule has 7 nitrogen and oxygen atoms in total. The fourth-order valence-corrected chi connectivity index (χ4v) is 4.68. The average molecular weight is 505 g/mol. The van der Waals surface area contributed by atoms with Gasteiger partial charge in [-0.05, 0) is 47.9 Å². The number of carbonyl (C=O) groups excluding carboxylic acids is 1. The predicted molar refractivity (Wildman–Crippen MR) is 148 cm³/mol. The topological polar surface area (TPSA) is 99.4 Å². The molecular formula is C30H25FN6O. The van der Waals surface area contributed by atoms with Crippen LogP contribution in [0.5, 0.6) is 0 Å². The molecule has 6 rings (SSSR count). The lowest BCUT2D eigenvalue weighted by Crippen LogP contribution is -2.13. The molecule has 4 aromatic heterocycles. The summed E-state index contributed by atoms with van der Waals surface area (Å²) in [7, 11) is 0. The first-order valence-corrected chi connectivity index (χ1v) is 12.4. The number of aromatic nitrogens is 5. The average Bonchev–Trinajstić information content (AvgIpc) is 3.52. The van der Waals surface area contributed by atoms with Gasteiger partial charge in [0.05, 0.1) is 28.8 Å². The van der Waals surface area contributed by atoms with Gasteiger partial charge in [0.25, 0.3) is 0 Å². The van der Waals surface area contributed by atoms with Crippen LogP contribution in [0.2, 0.25) is 0 Å². The lowest BCUT2D eigenvalue weighted by Gasteiger charge is -2.08. The number of nitrogens with one attached hydrogen (secondary N) is 3. The molecule has 38 heavy (non-hydrogen) atoms. The van der Waals surface area contributed by atoms with Gasteiger partial charge in [0.15, 0.2) is 0 Å². The van der Waals surface area contributed by atoms with E-state index in [1.165, 1.54) is 6.07 Å². The number of pyridine rings is 2. The molecule has 6 aromatic rings. The summed E-state index contributed by atoms with van der Waals surface area (Å²) >= 11 is 0. The summed E-state index contributed by atoms with van der Waals surface area (Å²) in [5.41, 5.74) is 7.24. The molecule has 3 N–H and O–H groups in total. The van der Waals surface area contributed by atoms with Crippen LogP contribution in [0.4, 0.5) is 10.1 Å². The van der Waals surface area contributed by atoms with Crippen LogP contribution in [0.25, 0.3) is 55.7 Å². The van der Waals surface area contributed by atoms with Crippen LogP contribution in [0.1, 0.15) is 20.3 Å². The first kappa shape index (κ1) is 23.5. The maximum atomic E-state index is 14.6. The molecule has 0 saturated heterocycles. The van der Waals surface area contributed by atoms with Gasteiger partial charge < -0.3 is 10.3 Å². The number of carbonyl (C=O) groups is 1. The summed E-state index contributed by atoms with van der Waals surface area (Å²) in [6, 6.07) is 20.2. The Bertz CT molecular complexity index is 1800. The van der Waals surface area contributed by atoms with Crippen molar-refractivity contribution in [3.05, 3.63) is 84.9 Å². The highest BCUT2D eigenvalue weighted by Crippen LogP contribution is 2.35. The molecule has 0 spiro atoms. The molecule has 0 fully saturated rings. The monoisotopic (exact) mass is 504 g/mol. The first-order chi connectivity index (χ1) is 18.5. The molecule has 4 heterocycles. The van der Waals surface area contributed by atoms with Crippen LogP contribution in [0.3, 0.4) is 0 Å². The number of anilines is 1. The Balaban J connectivity index is 1.39. The zero-order valence-electron chi connectivity index (χ0n) is 20.9. The fourth-order valence-electron chi connectivity index (χ4n) is 4.68. The van der Waals surface area contributed by atoms with E-state index in [2.05, 4.69) is 25.5 Å². The fraction of sp³-hybridized carbons (Fsp3) is 0.133. The van der Waals surface area contributed by atoms with Gasteiger partial charge in [-0.1, -0.05) is 44.2 Å². The minimum absolute atomic E-state index is 0.0481. The van der Waals surface area contributed by atoms with E-state index in [1.807, 2.05) is 62.4 Å². The van der Waals surface area contributed by atoms with Crippen molar-refractivity contribution >= 4 is 33.5 Å². The van der Waals surface area contributed by atoms with Crippen molar-refractivity contribution in [1.29, 1.82) is 0 Å². The molecule has 188 valence electrons. The van der Waals surface area contributed by atoms with Crippen molar-refractivity contribution in [2.45, 2.75) is 20.3 Å². The molecule has 2 aromatic carbocycles. The van der Waals surface area contributed by atoms with Gasteiger partial charge in [0.2, 0.25) is 5.91 Å². The van der Waals surface area contributed by atoms with Crippen LogP contribution in [0, 0.1) is 11.7 Å². The number of hydrogen-bond donors (Lipinski definition) is 3. The summed E-state index contributed by atoms with van der Waals surface area (Å²) in [4.78, 5) is 24.8. The SMILES string of the molecule is CC(C)CC(=O)Nc1cncc(-c2ccc3[nH]nc(-c4cc5c(-c6ccccc6F)cccc5[nH]4)c3n2)c1. The van der Waals surface area contributed by atoms with E-state index in [0.29, 0.717) is 34.6 Å². The molecule has 0 aliphatic heterocycles. The number of nitrogens with zero attached hydrogens (tertiary/aromatic N) is 3. The third kappa shape index (κ3) is 4.41. The second-order valence-electron chi connectivity index (χ2n) is 9.70. The quantitative estimate of drug-likeness (QED) is 0.228. The third-order valence-corrected chi connectivity index (χ3v) is 6.40. The second kappa shape index (κ2) is 9.55. The molecule has 0 aliphatic carbocycles. The van der Waals surface area contributed by atoms with E-state index in [4.69, 9.17) is 4.98 Å². The van der Waals surface area contributed by atoms with Crippen molar-refractivity contribution < 1.29 is 9.18 Å². The largest absolute Gasteiger partial charge is 0.353 e. The predicted octanol–water partition coefficient (Wildman–Crippen LogP) is 6.96. The van der Waals surface area contributed by atoms with Gasteiger partial charge in [-0.15, -0.1) is 0 Å². The van der Waals surface area contributed by atoms with Crippen molar-refractivity contribution in [2.75, 3.05) is 5.32 Å². The van der Waals surface area contributed by atoms with Crippen LogP contribution in [-0.2, 0) is 4.79 Å². The zero-order valence-corrected chi connectivity index (χ0v) is 20.9. The van der Waals surface area contributed by atoms with E-state index >= 15 is 0 Å². The Labute approximate surface area is 218 Å². The Hall–Kier alpha value is -4.85. The second-order valence-corrected chi connectivity index (χ2v) is 9.70. The Morgan fingerprint density at radius 1 is 0.974 bits per heavy atom. The summed E-state index contributed by atoms with van der Waals surface area (Å²) in [5.74, 6) is -0.0503. The minimum atomic E-state index is -0.268. The standard InChI is InChI=1S/C30H25FN6O/c1-17(2)12-28(38)33-19-13-18(15-32-16-19)24-10-11-26-29(35-24)30(37-36-26)27-14-22-20(7-5-9-25(22)34-27)21-6-3-4-8-23(21)31/h3-11,13-17,34H,12H2,1-2H3,(H,33,38)(H,36,37). The number of hydrogen-bond acceptors (Lipinski definition) is 4. The van der Waals surface area contributed by atoms with Crippen LogP contribution in [-0.4, -0.2) is 31.1 Å². The van der Waals surface area contributed by atoms with Gasteiger partial charge in [-0.2, -0.15) is 5.10 Å². The first-order valence-electron chi connectivity index (χ1n) is 12.4. The van der Waals surface area contributed by atoms with Gasteiger partial charge in [0, 0.05) is 34.6 Å². The lowest BCUT2D eigenvalue weighted by atomic mass is 10.0. The highest BCUT2D eigenvalue weighted by molar-refractivity contribution is 6.00. The van der Waals surface area contributed by atoms with Gasteiger partial charge in [0.1, 0.15) is 17.0 Å². The van der Waals surface area contributed by atoms with E-state index in [9.17, 15) is 9.18 Å². The number of H-pyrrole nitrogens is 2. The highest BCUT2D eigenvalue weighted by atomic mass is 19.1. The highest BCUT2D eigenvalue weighted by Gasteiger charge is 2.16. The molecule has 0 saturated carbocycles. The van der Waals surface area contributed by atoms with Crippen molar-refractivity contribution in [3.63, 3.8) is 0 Å². The molecule has 0 unspecified atom stereocenters. The van der Waals surface area contributed by atoms with Gasteiger partial charge in [-0.3, -0.25) is 14.9 Å². The number of aromatic amines is 2. The molecule has 1 amide bonds. The minimum Gasteiger partial charge on any atom is -0.353 e. The summed E-state index contributed by atoms with van der Waals surface area (Å²) in [6.07, 6.45) is 3.78. The third-order valence-electron chi connectivity index (χ3n) is 6.40. The number of amides is 1.